The van der Waals surface area contributed by atoms with Gasteiger partial charge in [-0.3, -0.25) is 0 Å². The summed E-state index contributed by atoms with van der Waals surface area (Å²) in [6.45, 7) is 0. The van der Waals surface area contributed by atoms with Crippen LogP contribution in [-0.2, 0) is 0 Å². The van der Waals surface area contributed by atoms with Crippen LogP contribution in [0.15, 0.2) is 23.2 Å². The summed E-state index contributed by atoms with van der Waals surface area (Å²) in [5.41, 5.74) is 1.02. The Morgan fingerprint density at radius 1 is 1.50 bits per heavy atom. The van der Waals surface area contributed by atoms with E-state index in [1.165, 1.54) is 0 Å². The van der Waals surface area contributed by atoms with Crippen molar-refractivity contribution in [3.63, 3.8) is 0 Å². The Morgan fingerprint density at radius 3 is 2.69 bits per heavy atom. The largest absolute Gasteiger partial charge is 0.389 e. The molecule has 2 atom stereocenters. The van der Waals surface area contributed by atoms with Gasteiger partial charge in [-0.05, 0) is 29.9 Å². The lowest BCUT2D eigenvalue weighted by Gasteiger charge is -2.16. The van der Waals surface area contributed by atoms with Gasteiger partial charge in [-0.25, -0.2) is 0 Å². The number of aliphatic imine (C=N–C) groups is 1. The summed E-state index contributed by atoms with van der Waals surface area (Å²) in [6.07, 6.45) is -1.86. The van der Waals surface area contributed by atoms with Crippen LogP contribution in [0.3, 0.4) is 0 Å². The molecule has 0 heterocycles. The highest BCUT2D eigenvalue weighted by molar-refractivity contribution is 9.09. The smallest absolute Gasteiger partial charge is 0.106 e. The summed E-state index contributed by atoms with van der Waals surface area (Å²) in [6, 6.07) is 4.79. The number of hydrogen-bond donors (Lipinski definition) is 2. The van der Waals surface area contributed by atoms with E-state index < -0.39 is 12.2 Å². The molecule has 86 valence electrons. The molecular weight excluding hydrogens is 314 g/mol. The number of hydrogen-bond acceptors (Lipinski definition) is 4. The molecule has 0 fully saturated rings. The summed E-state index contributed by atoms with van der Waals surface area (Å²) in [5.74, 6) is 0. The van der Waals surface area contributed by atoms with Gasteiger partial charge in [-0.2, -0.15) is 4.99 Å². The van der Waals surface area contributed by atoms with E-state index in [4.69, 9.17) is 11.6 Å². The third-order valence-corrected chi connectivity index (χ3v) is 3.06. The molecule has 2 N–H and O–H groups in total. The number of halogens is 2. The van der Waals surface area contributed by atoms with Crippen LogP contribution in [-0.4, -0.2) is 26.8 Å². The number of rotatable bonds is 4. The first kappa shape index (κ1) is 13.8. The summed E-state index contributed by atoms with van der Waals surface area (Å²) in [7, 11) is 0. The lowest BCUT2D eigenvalue weighted by molar-refractivity contribution is 0.0343. The SMILES string of the molecule is OC(CBr)C(O)c1ccc(N=C=S)c(Cl)c1. The molecule has 0 aromatic heterocycles. The Hall–Kier alpha value is -0.290. The van der Waals surface area contributed by atoms with Gasteiger partial charge in [0.15, 0.2) is 0 Å². The topological polar surface area (TPSA) is 52.8 Å². The van der Waals surface area contributed by atoms with Gasteiger partial charge >= 0.3 is 0 Å². The van der Waals surface area contributed by atoms with Crippen LogP contribution < -0.4 is 0 Å². The number of benzene rings is 1. The van der Waals surface area contributed by atoms with Gasteiger partial charge in [0.1, 0.15) is 6.10 Å². The van der Waals surface area contributed by atoms with Crippen molar-refractivity contribution in [3.05, 3.63) is 28.8 Å². The van der Waals surface area contributed by atoms with E-state index in [-0.39, 0.29) is 5.33 Å². The van der Waals surface area contributed by atoms with Crippen LogP contribution in [0.5, 0.6) is 0 Å². The number of alkyl halides is 1. The van der Waals surface area contributed by atoms with E-state index in [0.29, 0.717) is 16.3 Å². The second kappa shape index (κ2) is 6.45. The molecule has 1 aromatic rings. The minimum atomic E-state index is -0.984. The van der Waals surface area contributed by atoms with Gasteiger partial charge in [0.25, 0.3) is 0 Å². The molecule has 0 saturated heterocycles. The first-order valence-electron chi connectivity index (χ1n) is 4.39. The van der Waals surface area contributed by atoms with Crippen molar-refractivity contribution < 1.29 is 10.2 Å². The van der Waals surface area contributed by atoms with Crippen molar-refractivity contribution in [1.29, 1.82) is 0 Å². The standard InChI is InChI=1S/C10H9BrClNO2S/c11-4-9(14)10(15)6-1-2-8(13-5-16)7(12)3-6/h1-3,9-10,14-15H,4H2. The average Bonchev–Trinajstić information content (AvgIpc) is 2.30. The van der Waals surface area contributed by atoms with E-state index in [1.54, 1.807) is 18.2 Å². The predicted molar refractivity (Wildman–Crippen MR) is 70.9 cm³/mol. The van der Waals surface area contributed by atoms with Crippen LogP contribution in [0.1, 0.15) is 11.7 Å². The van der Waals surface area contributed by atoms with Gasteiger partial charge in [-0.1, -0.05) is 33.6 Å². The van der Waals surface area contributed by atoms with Gasteiger partial charge in [-0.15, -0.1) is 0 Å². The van der Waals surface area contributed by atoms with Crippen LogP contribution in [0.4, 0.5) is 5.69 Å². The fourth-order valence-corrected chi connectivity index (χ4v) is 1.84. The van der Waals surface area contributed by atoms with Gasteiger partial charge < -0.3 is 10.2 Å². The minimum Gasteiger partial charge on any atom is -0.389 e. The fraction of sp³-hybridized carbons (Fsp3) is 0.300. The molecule has 0 saturated carbocycles. The maximum Gasteiger partial charge on any atom is 0.106 e. The molecule has 3 nitrogen and oxygen atoms in total. The molecule has 1 rings (SSSR count). The molecule has 1 aromatic carbocycles. The summed E-state index contributed by atoms with van der Waals surface area (Å²) in [5, 5.41) is 22.0. The second-order valence-corrected chi connectivity index (χ2v) is 4.32. The average molecular weight is 323 g/mol. The maximum atomic E-state index is 9.73. The first-order valence-corrected chi connectivity index (χ1v) is 6.30. The zero-order valence-corrected chi connectivity index (χ0v) is 11.3. The Kier molecular flexibility index (Phi) is 5.55. The lowest BCUT2D eigenvalue weighted by Crippen LogP contribution is -2.19. The Morgan fingerprint density at radius 2 is 2.19 bits per heavy atom. The Labute approximate surface area is 112 Å². The lowest BCUT2D eigenvalue weighted by atomic mass is 10.1. The van der Waals surface area contributed by atoms with Crippen LogP contribution in [0.2, 0.25) is 5.02 Å². The molecule has 2 unspecified atom stereocenters. The van der Waals surface area contributed by atoms with E-state index in [1.807, 2.05) is 0 Å². The van der Waals surface area contributed by atoms with Gasteiger partial charge in [0.2, 0.25) is 0 Å². The van der Waals surface area contributed by atoms with Crippen LogP contribution in [0.25, 0.3) is 0 Å². The highest BCUT2D eigenvalue weighted by Crippen LogP contribution is 2.29. The zero-order valence-electron chi connectivity index (χ0n) is 8.10. The van der Waals surface area contributed by atoms with Crippen molar-refractivity contribution in [1.82, 2.24) is 0 Å². The minimum absolute atomic E-state index is 0.283. The second-order valence-electron chi connectivity index (χ2n) is 3.08. The monoisotopic (exact) mass is 321 g/mol. The first-order chi connectivity index (χ1) is 7.60. The highest BCUT2D eigenvalue weighted by atomic mass is 79.9. The van der Waals surface area contributed by atoms with Crippen LogP contribution >= 0.6 is 39.7 Å². The van der Waals surface area contributed by atoms with E-state index >= 15 is 0 Å². The Bertz CT molecular complexity index is 423. The normalized spacial score (nSPS) is 14.0. The quantitative estimate of drug-likeness (QED) is 0.509. The third kappa shape index (κ3) is 3.35. The van der Waals surface area contributed by atoms with Crippen molar-refractivity contribution in [2.24, 2.45) is 4.99 Å². The molecule has 0 aliphatic rings. The van der Waals surface area contributed by atoms with Crippen molar-refractivity contribution in [2.75, 3.05) is 5.33 Å². The van der Waals surface area contributed by atoms with Crippen molar-refractivity contribution in [2.45, 2.75) is 12.2 Å². The summed E-state index contributed by atoms with van der Waals surface area (Å²) >= 11 is 13.5. The maximum absolute atomic E-state index is 9.73. The molecule has 0 amide bonds. The highest BCUT2D eigenvalue weighted by Gasteiger charge is 2.17. The fourth-order valence-electron chi connectivity index (χ4n) is 1.15. The molecule has 0 radical (unpaired) electrons. The molecule has 0 bridgehead atoms. The molecule has 0 aliphatic carbocycles. The molecule has 0 aliphatic heterocycles. The van der Waals surface area contributed by atoms with Crippen molar-refractivity contribution >= 4 is 50.6 Å². The van der Waals surface area contributed by atoms with E-state index in [0.717, 1.165) is 0 Å². The van der Waals surface area contributed by atoms with Crippen molar-refractivity contribution in [3.8, 4) is 0 Å². The van der Waals surface area contributed by atoms with Crippen LogP contribution in [0, 0.1) is 0 Å². The Balaban J connectivity index is 3.01. The number of aliphatic hydroxyl groups excluding tert-OH is 2. The molecule has 0 spiro atoms. The van der Waals surface area contributed by atoms with E-state index in [9.17, 15) is 10.2 Å². The number of aliphatic hydroxyl groups is 2. The predicted octanol–water partition coefficient (Wildman–Crippen LogP) is 2.86. The molecule has 6 heteroatoms. The molecular formula is C10H9BrClNO2S. The number of thiocarbonyl (C=S) groups is 1. The summed E-state index contributed by atoms with van der Waals surface area (Å²) in [4.78, 5) is 3.75. The summed E-state index contributed by atoms with van der Waals surface area (Å²) < 4.78 is 0. The molecule has 16 heavy (non-hydrogen) atoms. The van der Waals surface area contributed by atoms with E-state index in [2.05, 4.69) is 38.3 Å². The zero-order chi connectivity index (χ0) is 12.1. The van der Waals surface area contributed by atoms with Gasteiger partial charge in [0.05, 0.1) is 22.0 Å². The third-order valence-electron chi connectivity index (χ3n) is 2.00. The van der Waals surface area contributed by atoms with Gasteiger partial charge in [0, 0.05) is 5.33 Å². The number of nitrogens with zero attached hydrogens (tertiary/aromatic N) is 1. The number of isothiocyanates is 1.